The third-order valence-corrected chi connectivity index (χ3v) is 2.48. The van der Waals surface area contributed by atoms with Gasteiger partial charge in [0.1, 0.15) is 5.75 Å². The molecule has 2 aromatic rings. The molecule has 0 aliphatic heterocycles. The highest BCUT2D eigenvalue weighted by molar-refractivity contribution is 7.18. The zero-order valence-electron chi connectivity index (χ0n) is 7.14. The van der Waals surface area contributed by atoms with Gasteiger partial charge in [-0.15, -0.1) is 10.2 Å². The largest absolute Gasteiger partial charge is 0.507 e. The van der Waals surface area contributed by atoms with E-state index in [1.807, 2.05) is 0 Å². The van der Waals surface area contributed by atoms with E-state index < -0.39 is 0 Å². The Morgan fingerprint density at radius 1 is 1.21 bits per heavy atom. The Balaban J connectivity index is 2.55. The summed E-state index contributed by atoms with van der Waals surface area (Å²) >= 11 is 1.20. The maximum Gasteiger partial charge on any atom is 0.203 e. The number of nitrogens with two attached hydrogens (primary N) is 2. The van der Waals surface area contributed by atoms with E-state index in [0.717, 1.165) is 0 Å². The van der Waals surface area contributed by atoms with Crippen LogP contribution in [0.25, 0.3) is 10.6 Å². The van der Waals surface area contributed by atoms with Crippen LogP contribution in [0.3, 0.4) is 0 Å². The third-order valence-electron chi connectivity index (χ3n) is 1.69. The van der Waals surface area contributed by atoms with Crippen LogP contribution < -0.4 is 11.5 Å². The van der Waals surface area contributed by atoms with Crippen molar-refractivity contribution in [2.75, 3.05) is 11.5 Å². The Morgan fingerprint density at radius 2 is 2.00 bits per heavy atom. The predicted octanol–water partition coefficient (Wildman–Crippen LogP) is 1.08. The summed E-state index contributed by atoms with van der Waals surface area (Å²) in [4.78, 5) is 0. The highest BCUT2D eigenvalue weighted by Crippen LogP contribution is 2.33. The van der Waals surface area contributed by atoms with Gasteiger partial charge in [0.25, 0.3) is 0 Å². The van der Waals surface area contributed by atoms with Gasteiger partial charge >= 0.3 is 0 Å². The molecule has 14 heavy (non-hydrogen) atoms. The summed E-state index contributed by atoms with van der Waals surface area (Å²) in [6, 6.07) is 4.76. The van der Waals surface area contributed by atoms with Crippen molar-refractivity contribution < 1.29 is 5.11 Å². The molecule has 5 N–H and O–H groups in total. The molecule has 1 aromatic heterocycles. The molecule has 0 aliphatic carbocycles. The molecular formula is C8H8N4OS. The van der Waals surface area contributed by atoms with Crippen LogP contribution >= 0.6 is 11.3 Å². The summed E-state index contributed by atoms with van der Waals surface area (Å²) in [6.45, 7) is 0. The van der Waals surface area contributed by atoms with Gasteiger partial charge in [-0.05, 0) is 18.2 Å². The van der Waals surface area contributed by atoms with Crippen molar-refractivity contribution in [1.29, 1.82) is 0 Å². The molecular weight excluding hydrogens is 200 g/mol. The van der Waals surface area contributed by atoms with E-state index in [2.05, 4.69) is 10.2 Å². The Kier molecular flexibility index (Phi) is 1.97. The number of anilines is 2. The average molecular weight is 208 g/mol. The number of benzene rings is 1. The molecule has 0 saturated heterocycles. The lowest BCUT2D eigenvalue weighted by Crippen LogP contribution is -1.85. The minimum absolute atomic E-state index is 0.121. The van der Waals surface area contributed by atoms with Crippen LogP contribution in [-0.2, 0) is 0 Å². The first-order valence-electron chi connectivity index (χ1n) is 3.84. The zero-order chi connectivity index (χ0) is 10.1. The molecule has 0 radical (unpaired) electrons. The molecule has 0 bridgehead atoms. The highest BCUT2D eigenvalue weighted by atomic mass is 32.1. The lowest BCUT2D eigenvalue weighted by Gasteiger charge is -2.00. The van der Waals surface area contributed by atoms with Crippen molar-refractivity contribution in [1.82, 2.24) is 10.2 Å². The molecule has 6 heteroatoms. The summed E-state index contributed by atoms with van der Waals surface area (Å²) < 4.78 is 0. The number of phenolic OH excluding ortho intramolecular Hbond substituents is 1. The molecule has 0 aliphatic rings. The second kappa shape index (κ2) is 3.15. The van der Waals surface area contributed by atoms with Crippen LogP contribution in [0.15, 0.2) is 18.2 Å². The molecule has 72 valence electrons. The van der Waals surface area contributed by atoms with Crippen LogP contribution in [0.1, 0.15) is 0 Å². The summed E-state index contributed by atoms with van der Waals surface area (Å²) in [5.74, 6) is 0.121. The SMILES string of the molecule is Nc1ccc(O)c(-c2nnc(N)s2)c1. The number of aromatic hydroxyl groups is 1. The maximum absolute atomic E-state index is 9.54. The van der Waals surface area contributed by atoms with Crippen molar-refractivity contribution in [3.8, 4) is 16.3 Å². The van der Waals surface area contributed by atoms with Crippen LogP contribution in [0.4, 0.5) is 10.8 Å². The molecule has 0 amide bonds. The van der Waals surface area contributed by atoms with E-state index in [9.17, 15) is 5.11 Å². The molecule has 1 aromatic carbocycles. The quantitative estimate of drug-likeness (QED) is 0.481. The number of aromatic nitrogens is 2. The van der Waals surface area contributed by atoms with Crippen LogP contribution in [0.5, 0.6) is 5.75 Å². The van der Waals surface area contributed by atoms with Crippen molar-refractivity contribution >= 4 is 22.2 Å². The number of hydrogen-bond acceptors (Lipinski definition) is 6. The number of rotatable bonds is 1. The summed E-state index contributed by atoms with van der Waals surface area (Å²) in [5, 5.41) is 17.9. The van der Waals surface area contributed by atoms with Crippen molar-refractivity contribution in [2.45, 2.75) is 0 Å². The lowest BCUT2D eigenvalue weighted by atomic mass is 10.2. The minimum Gasteiger partial charge on any atom is -0.507 e. The van der Waals surface area contributed by atoms with Crippen molar-refractivity contribution in [3.63, 3.8) is 0 Å². The Morgan fingerprint density at radius 3 is 2.64 bits per heavy atom. The number of hydrogen-bond donors (Lipinski definition) is 3. The fraction of sp³-hybridized carbons (Fsp3) is 0. The lowest BCUT2D eigenvalue weighted by molar-refractivity contribution is 0.477. The van der Waals surface area contributed by atoms with E-state index in [-0.39, 0.29) is 5.75 Å². The van der Waals surface area contributed by atoms with Gasteiger partial charge in [0.05, 0.1) is 5.56 Å². The Hall–Kier alpha value is -1.82. The van der Waals surface area contributed by atoms with Gasteiger partial charge in [-0.3, -0.25) is 0 Å². The van der Waals surface area contributed by atoms with Crippen molar-refractivity contribution in [2.24, 2.45) is 0 Å². The number of phenols is 1. The summed E-state index contributed by atoms with van der Waals surface area (Å²) in [6.07, 6.45) is 0. The van der Waals surface area contributed by atoms with E-state index >= 15 is 0 Å². The first-order chi connectivity index (χ1) is 6.66. The van der Waals surface area contributed by atoms with Gasteiger partial charge in [0, 0.05) is 5.69 Å². The van der Waals surface area contributed by atoms with Crippen LogP contribution in [-0.4, -0.2) is 15.3 Å². The smallest absolute Gasteiger partial charge is 0.203 e. The molecule has 0 atom stereocenters. The fourth-order valence-corrected chi connectivity index (χ4v) is 1.70. The second-order valence-corrected chi connectivity index (χ2v) is 3.73. The first kappa shape index (κ1) is 8.76. The van der Waals surface area contributed by atoms with Gasteiger partial charge < -0.3 is 16.6 Å². The summed E-state index contributed by atoms with van der Waals surface area (Å²) in [7, 11) is 0. The van der Waals surface area contributed by atoms with E-state index in [4.69, 9.17) is 11.5 Å². The first-order valence-corrected chi connectivity index (χ1v) is 4.66. The zero-order valence-corrected chi connectivity index (χ0v) is 7.95. The molecule has 5 nitrogen and oxygen atoms in total. The average Bonchev–Trinajstić information content (AvgIpc) is 2.56. The predicted molar refractivity (Wildman–Crippen MR) is 55.8 cm³/mol. The van der Waals surface area contributed by atoms with Crippen molar-refractivity contribution in [3.05, 3.63) is 18.2 Å². The summed E-state index contributed by atoms with van der Waals surface area (Å²) in [5.41, 5.74) is 12.1. The molecule has 2 rings (SSSR count). The van der Waals surface area contributed by atoms with E-state index in [1.165, 1.54) is 17.4 Å². The highest BCUT2D eigenvalue weighted by Gasteiger charge is 2.09. The van der Waals surface area contributed by atoms with Gasteiger partial charge in [-0.1, -0.05) is 11.3 Å². The topological polar surface area (TPSA) is 98.0 Å². The molecule has 0 fully saturated rings. The molecule has 0 saturated carbocycles. The second-order valence-electron chi connectivity index (χ2n) is 2.72. The molecule has 0 spiro atoms. The monoisotopic (exact) mass is 208 g/mol. The third kappa shape index (κ3) is 1.47. The van der Waals surface area contributed by atoms with Crippen LogP contribution in [0, 0.1) is 0 Å². The Labute approximate surface area is 84.0 Å². The van der Waals surface area contributed by atoms with Crippen LogP contribution in [0.2, 0.25) is 0 Å². The fourth-order valence-electron chi connectivity index (χ4n) is 1.07. The molecule has 1 heterocycles. The van der Waals surface area contributed by atoms with Gasteiger partial charge in [-0.2, -0.15) is 0 Å². The van der Waals surface area contributed by atoms with Gasteiger partial charge in [-0.25, -0.2) is 0 Å². The minimum atomic E-state index is 0.121. The standard InChI is InChI=1S/C8H8N4OS/c9-4-1-2-6(13)5(3-4)7-11-12-8(10)14-7/h1-3,13H,9H2,(H2,10,12). The van der Waals surface area contributed by atoms with Gasteiger partial charge in [0.2, 0.25) is 5.13 Å². The number of nitrogens with zero attached hydrogens (tertiary/aromatic N) is 2. The normalized spacial score (nSPS) is 10.3. The van der Waals surface area contributed by atoms with E-state index in [0.29, 0.717) is 21.4 Å². The van der Waals surface area contributed by atoms with E-state index in [1.54, 1.807) is 12.1 Å². The number of nitrogen functional groups attached to an aromatic ring is 2. The maximum atomic E-state index is 9.54. The van der Waals surface area contributed by atoms with Gasteiger partial charge in [0.15, 0.2) is 5.01 Å². The molecule has 0 unspecified atom stereocenters. The Bertz CT molecular complexity index is 468.